The summed E-state index contributed by atoms with van der Waals surface area (Å²) in [5, 5.41) is 11.6. The highest BCUT2D eigenvalue weighted by Gasteiger charge is 2.29. The van der Waals surface area contributed by atoms with Crippen molar-refractivity contribution in [1.29, 1.82) is 5.26 Å². The minimum atomic E-state index is -3.69. The predicted octanol–water partition coefficient (Wildman–Crippen LogP) is 2.95. The monoisotopic (exact) mass is 369 g/mol. The summed E-state index contributed by atoms with van der Waals surface area (Å²) in [6.45, 7) is 1.75. The van der Waals surface area contributed by atoms with Crippen molar-refractivity contribution in [3.05, 3.63) is 59.7 Å². The van der Waals surface area contributed by atoms with Gasteiger partial charge in [-0.25, -0.2) is 13.1 Å². The van der Waals surface area contributed by atoms with Gasteiger partial charge < -0.3 is 5.32 Å². The number of amides is 1. The van der Waals surface area contributed by atoms with Gasteiger partial charge in [0.05, 0.1) is 16.5 Å². The van der Waals surface area contributed by atoms with Gasteiger partial charge in [0, 0.05) is 17.6 Å². The molecule has 1 amide bonds. The first-order chi connectivity index (χ1) is 12.4. The Morgan fingerprint density at radius 3 is 2.27 bits per heavy atom. The Balaban J connectivity index is 1.67. The number of sulfonamides is 1. The van der Waals surface area contributed by atoms with Gasteiger partial charge >= 0.3 is 0 Å². The van der Waals surface area contributed by atoms with Crippen molar-refractivity contribution in [1.82, 2.24) is 4.72 Å². The highest BCUT2D eigenvalue weighted by molar-refractivity contribution is 7.89. The minimum Gasteiger partial charge on any atom is -0.326 e. The summed E-state index contributed by atoms with van der Waals surface area (Å²) in [4.78, 5) is 11.9. The van der Waals surface area contributed by atoms with Gasteiger partial charge in [-0.3, -0.25) is 4.79 Å². The Hall–Kier alpha value is -2.69. The van der Waals surface area contributed by atoms with Gasteiger partial charge in [-0.15, -0.1) is 0 Å². The lowest BCUT2D eigenvalue weighted by atomic mass is 10.1. The van der Waals surface area contributed by atoms with E-state index in [0.29, 0.717) is 11.3 Å². The number of nitrogens with zero attached hydrogens (tertiary/aromatic N) is 1. The topological polar surface area (TPSA) is 99.1 Å². The lowest BCUT2D eigenvalue weighted by Gasteiger charge is -2.15. The summed E-state index contributed by atoms with van der Waals surface area (Å²) < 4.78 is 27.5. The molecule has 6 nitrogen and oxygen atoms in total. The fourth-order valence-corrected chi connectivity index (χ4v) is 3.75. The van der Waals surface area contributed by atoms with E-state index in [0.717, 1.165) is 18.4 Å². The molecular weight excluding hydrogens is 350 g/mol. The van der Waals surface area contributed by atoms with E-state index in [1.165, 1.54) is 24.3 Å². The van der Waals surface area contributed by atoms with Crippen LogP contribution in [-0.2, 0) is 14.8 Å². The normalized spacial score (nSPS) is 15.1. The van der Waals surface area contributed by atoms with E-state index in [2.05, 4.69) is 10.0 Å². The van der Waals surface area contributed by atoms with Gasteiger partial charge in [0.1, 0.15) is 0 Å². The zero-order valence-corrected chi connectivity index (χ0v) is 15.1. The number of rotatable bonds is 6. The molecule has 2 aromatic carbocycles. The molecule has 2 aromatic rings. The first-order valence-corrected chi connectivity index (χ1v) is 9.81. The first kappa shape index (κ1) is 18.1. The molecule has 134 valence electrons. The highest BCUT2D eigenvalue weighted by atomic mass is 32.2. The molecule has 3 rings (SSSR count). The summed E-state index contributed by atoms with van der Waals surface area (Å²) in [7, 11) is -3.69. The third-order valence-corrected chi connectivity index (χ3v) is 5.81. The van der Waals surface area contributed by atoms with Crippen LogP contribution < -0.4 is 10.0 Å². The molecule has 2 N–H and O–H groups in total. The average molecular weight is 369 g/mol. The number of benzene rings is 2. The standard InChI is InChI=1S/C19H19N3O3S/c1-13(22-26(24,25)18-10-2-14(12-20)3-11-18)15-6-8-17(9-7-15)21-19(23)16-4-5-16/h2-3,6-11,13,16,22H,4-5H2,1H3,(H,21,23). The van der Waals surface area contributed by atoms with Crippen LogP contribution in [0.2, 0.25) is 0 Å². The van der Waals surface area contributed by atoms with Gasteiger partial charge in [-0.1, -0.05) is 12.1 Å². The second kappa shape index (κ2) is 7.28. The molecule has 1 unspecified atom stereocenters. The Labute approximate surface area is 152 Å². The average Bonchev–Trinajstić information content (AvgIpc) is 3.47. The van der Waals surface area contributed by atoms with Gasteiger partial charge in [0.15, 0.2) is 0 Å². The molecule has 1 saturated carbocycles. The fraction of sp³-hybridized carbons (Fsp3) is 0.263. The van der Waals surface area contributed by atoms with E-state index in [4.69, 9.17) is 5.26 Å². The second-order valence-electron chi connectivity index (χ2n) is 6.36. The van der Waals surface area contributed by atoms with E-state index < -0.39 is 16.1 Å². The molecule has 0 heterocycles. The van der Waals surface area contributed by atoms with Crippen LogP contribution in [0.15, 0.2) is 53.4 Å². The van der Waals surface area contributed by atoms with Crippen LogP contribution >= 0.6 is 0 Å². The molecule has 1 aliphatic rings. The van der Waals surface area contributed by atoms with Crippen LogP contribution in [0.5, 0.6) is 0 Å². The van der Waals surface area contributed by atoms with Crippen molar-refractivity contribution in [3.8, 4) is 6.07 Å². The largest absolute Gasteiger partial charge is 0.326 e. The molecule has 1 atom stereocenters. The summed E-state index contributed by atoms with van der Waals surface area (Å²) in [6.07, 6.45) is 1.89. The summed E-state index contributed by atoms with van der Waals surface area (Å²) in [5.41, 5.74) is 1.89. The molecule has 0 saturated heterocycles. The summed E-state index contributed by atoms with van der Waals surface area (Å²) >= 11 is 0. The lowest BCUT2D eigenvalue weighted by Crippen LogP contribution is -2.26. The zero-order chi connectivity index (χ0) is 18.7. The van der Waals surface area contributed by atoms with Crippen LogP contribution in [-0.4, -0.2) is 14.3 Å². The molecule has 0 bridgehead atoms. The maximum Gasteiger partial charge on any atom is 0.241 e. The smallest absolute Gasteiger partial charge is 0.241 e. The molecule has 1 aliphatic carbocycles. The Kier molecular flexibility index (Phi) is 5.07. The third kappa shape index (κ3) is 4.28. The SMILES string of the molecule is CC(NS(=O)(=O)c1ccc(C#N)cc1)c1ccc(NC(=O)C2CC2)cc1. The third-order valence-electron chi connectivity index (χ3n) is 4.25. The van der Waals surface area contributed by atoms with Crippen LogP contribution in [0.1, 0.15) is 36.9 Å². The number of anilines is 1. The molecule has 26 heavy (non-hydrogen) atoms. The zero-order valence-electron chi connectivity index (χ0n) is 14.3. The Morgan fingerprint density at radius 1 is 1.12 bits per heavy atom. The van der Waals surface area contributed by atoms with Crippen molar-refractivity contribution in [2.75, 3.05) is 5.32 Å². The maximum atomic E-state index is 12.5. The van der Waals surface area contributed by atoms with Gasteiger partial charge in [-0.05, 0) is 61.7 Å². The van der Waals surface area contributed by atoms with Crippen LogP contribution in [0.25, 0.3) is 0 Å². The van der Waals surface area contributed by atoms with Crippen molar-refractivity contribution in [2.24, 2.45) is 5.92 Å². The van der Waals surface area contributed by atoms with E-state index >= 15 is 0 Å². The molecular formula is C19H19N3O3S. The minimum absolute atomic E-state index is 0.0346. The second-order valence-corrected chi connectivity index (χ2v) is 8.08. The number of carbonyl (C=O) groups excluding carboxylic acids is 1. The van der Waals surface area contributed by atoms with Crippen molar-refractivity contribution >= 4 is 21.6 Å². The first-order valence-electron chi connectivity index (χ1n) is 8.32. The predicted molar refractivity (Wildman–Crippen MR) is 97.7 cm³/mol. The molecule has 7 heteroatoms. The molecule has 0 radical (unpaired) electrons. The van der Waals surface area contributed by atoms with E-state index in [9.17, 15) is 13.2 Å². The lowest BCUT2D eigenvalue weighted by molar-refractivity contribution is -0.117. The quantitative estimate of drug-likeness (QED) is 0.818. The number of hydrogen-bond donors (Lipinski definition) is 2. The molecule has 0 spiro atoms. The van der Waals surface area contributed by atoms with Gasteiger partial charge in [0.2, 0.25) is 15.9 Å². The highest BCUT2D eigenvalue weighted by Crippen LogP contribution is 2.30. The molecule has 0 aliphatic heterocycles. The fourth-order valence-electron chi connectivity index (χ4n) is 2.52. The van der Waals surface area contributed by atoms with Crippen molar-refractivity contribution in [3.63, 3.8) is 0 Å². The van der Waals surface area contributed by atoms with Crippen LogP contribution in [0.3, 0.4) is 0 Å². The van der Waals surface area contributed by atoms with Crippen LogP contribution in [0, 0.1) is 17.2 Å². The maximum absolute atomic E-state index is 12.5. The van der Waals surface area contributed by atoms with E-state index in [-0.39, 0.29) is 16.7 Å². The van der Waals surface area contributed by atoms with Crippen molar-refractivity contribution < 1.29 is 13.2 Å². The summed E-state index contributed by atoms with van der Waals surface area (Å²) in [5.74, 6) is 0.167. The Morgan fingerprint density at radius 2 is 1.73 bits per heavy atom. The molecule has 0 aromatic heterocycles. The van der Waals surface area contributed by atoms with Crippen molar-refractivity contribution in [2.45, 2.75) is 30.7 Å². The number of nitrogens with one attached hydrogen (secondary N) is 2. The number of hydrogen-bond acceptors (Lipinski definition) is 4. The molecule has 1 fully saturated rings. The Bertz CT molecular complexity index is 941. The van der Waals surface area contributed by atoms with E-state index in [1.807, 2.05) is 6.07 Å². The van der Waals surface area contributed by atoms with Gasteiger partial charge in [-0.2, -0.15) is 5.26 Å². The summed E-state index contributed by atoms with van der Waals surface area (Å²) in [6, 6.07) is 14.4. The van der Waals surface area contributed by atoms with Crippen LogP contribution in [0.4, 0.5) is 5.69 Å². The van der Waals surface area contributed by atoms with Gasteiger partial charge in [0.25, 0.3) is 0 Å². The number of nitriles is 1. The number of carbonyl (C=O) groups is 1. The van der Waals surface area contributed by atoms with E-state index in [1.54, 1.807) is 31.2 Å².